The third-order valence-corrected chi connectivity index (χ3v) is 6.81. The van der Waals surface area contributed by atoms with Crippen LogP contribution in [0.15, 0.2) is 38.3 Å². The number of anilines is 3. The molecule has 0 fully saturated rings. The van der Waals surface area contributed by atoms with Gasteiger partial charge in [-0.3, -0.25) is 14.4 Å². The second kappa shape index (κ2) is 7.48. The number of amides is 1. The maximum absolute atomic E-state index is 13.0. The molecule has 2 aromatic carbocycles. The predicted molar refractivity (Wildman–Crippen MR) is 130 cm³/mol. The summed E-state index contributed by atoms with van der Waals surface area (Å²) in [5.41, 5.74) is -0.328. The maximum Gasteiger partial charge on any atom is 0.256 e. The summed E-state index contributed by atoms with van der Waals surface area (Å²) in [4.78, 5) is 39.7. The molecule has 0 spiro atoms. The number of aryl methyl sites for hydroxylation is 1. The van der Waals surface area contributed by atoms with E-state index >= 15 is 0 Å². The van der Waals surface area contributed by atoms with Gasteiger partial charge in [0.2, 0.25) is 0 Å². The quantitative estimate of drug-likeness (QED) is 0.505. The summed E-state index contributed by atoms with van der Waals surface area (Å²) in [7, 11) is 1.71. The number of carbonyl (C=O) groups excluding carboxylic acids is 1. The Balaban J connectivity index is 1.75. The van der Waals surface area contributed by atoms with E-state index < -0.39 is 16.4 Å². The molecule has 7 nitrogen and oxygen atoms in total. The Bertz CT molecular complexity index is 1340. The lowest BCUT2D eigenvalue weighted by Gasteiger charge is -2.31. The number of nitrogens with one attached hydrogen (secondary N) is 2. The van der Waals surface area contributed by atoms with Crippen LogP contribution >= 0.6 is 11.6 Å². The van der Waals surface area contributed by atoms with Crippen LogP contribution in [0.5, 0.6) is 0 Å². The molecule has 1 atom stereocenters. The summed E-state index contributed by atoms with van der Waals surface area (Å²) in [5, 5.41) is 6.74. The highest BCUT2D eigenvalue weighted by molar-refractivity contribution is 6.32. The van der Waals surface area contributed by atoms with Crippen molar-refractivity contribution in [3.63, 3.8) is 0 Å². The highest BCUT2D eigenvalue weighted by Gasteiger charge is 2.44. The summed E-state index contributed by atoms with van der Waals surface area (Å²) in [5.74, 6) is 1.23. The minimum absolute atomic E-state index is 0.127. The van der Waals surface area contributed by atoms with Gasteiger partial charge in [0.1, 0.15) is 22.9 Å². The van der Waals surface area contributed by atoms with Crippen molar-refractivity contribution in [2.24, 2.45) is 5.41 Å². The van der Waals surface area contributed by atoms with Gasteiger partial charge < -0.3 is 20.0 Å². The Morgan fingerprint density at radius 3 is 2.24 bits per heavy atom. The molecule has 4 rings (SSSR count). The van der Waals surface area contributed by atoms with Gasteiger partial charge in [0.05, 0.1) is 22.8 Å². The van der Waals surface area contributed by atoms with Crippen molar-refractivity contribution in [3.05, 3.63) is 72.4 Å². The lowest BCUT2D eigenvalue weighted by molar-refractivity contribution is 0.0692. The number of halogens is 1. The van der Waals surface area contributed by atoms with E-state index in [1.807, 2.05) is 53.7 Å². The molecule has 0 saturated heterocycles. The Morgan fingerprint density at radius 2 is 1.67 bits per heavy atom. The second-order valence-electron chi connectivity index (χ2n) is 10.2. The van der Waals surface area contributed by atoms with Crippen LogP contribution in [0.4, 0.5) is 17.1 Å². The first-order valence-corrected chi connectivity index (χ1v) is 11.2. The average Bonchev–Trinajstić information content (AvgIpc) is 3.23. The molecular weight excluding hydrogens is 442 g/mol. The van der Waals surface area contributed by atoms with Crippen molar-refractivity contribution in [3.8, 4) is 0 Å². The van der Waals surface area contributed by atoms with Crippen LogP contribution in [0.1, 0.15) is 68.1 Å². The normalized spacial score (nSPS) is 16.2. The minimum atomic E-state index is -0.637. The van der Waals surface area contributed by atoms with Crippen LogP contribution in [0.25, 0.3) is 0 Å². The van der Waals surface area contributed by atoms with Gasteiger partial charge in [0.15, 0.2) is 0 Å². The van der Waals surface area contributed by atoms with E-state index in [1.165, 1.54) is 0 Å². The molecule has 2 N–H and O–H groups in total. The van der Waals surface area contributed by atoms with Crippen LogP contribution in [-0.2, 0) is 5.54 Å². The molecule has 2 heterocycles. The molecule has 3 aromatic rings. The maximum atomic E-state index is 13.0. The minimum Gasteiger partial charge on any atom is -0.464 e. The summed E-state index contributed by atoms with van der Waals surface area (Å²) in [6, 6.07) is 6.72. The second-order valence-corrected chi connectivity index (χ2v) is 10.6. The number of nitrogens with zero attached hydrogens (tertiary/aromatic N) is 1. The Hall–Kier alpha value is -3.06. The largest absolute Gasteiger partial charge is 0.464 e. The molecule has 33 heavy (non-hydrogen) atoms. The van der Waals surface area contributed by atoms with E-state index in [2.05, 4.69) is 10.6 Å². The molecule has 1 aliphatic rings. The molecule has 0 unspecified atom stereocenters. The van der Waals surface area contributed by atoms with Gasteiger partial charge in [0, 0.05) is 17.6 Å². The van der Waals surface area contributed by atoms with Crippen LogP contribution in [-0.4, -0.2) is 17.9 Å². The van der Waals surface area contributed by atoms with Gasteiger partial charge in [-0.15, -0.1) is 0 Å². The molecular formula is C25H28ClN3O4. The lowest BCUT2D eigenvalue weighted by Crippen LogP contribution is -2.39. The predicted octanol–water partition coefficient (Wildman–Crippen LogP) is 5.10. The van der Waals surface area contributed by atoms with Crippen molar-refractivity contribution in [1.29, 1.82) is 0 Å². The van der Waals surface area contributed by atoms with E-state index in [4.69, 9.17) is 16.0 Å². The van der Waals surface area contributed by atoms with E-state index in [-0.39, 0.29) is 28.7 Å². The molecule has 1 aromatic heterocycles. The van der Waals surface area contributed by atoms with E-state index in [0.717, 1.165) is 5.76 Å². The number of rotatable bonds is 5. The topological polar surface area (TPSA) is 91.6 Å². The molecule has 0 saturated carbocycles. The van der Waals surface area contributed by atoms with Gasteiger partial charge in [-0.05, 0) is 50.5 Å². The molecule has 1 amide bonds. The number of carbonyl (C=O) groups is 1. The van der Waals surface area contributed by atoms with E-state index in [0.29, 0.717) is 27.6 Å². The summed E-state index contributed by atoms with van der Waals surface area (Å²) < 4.78 is 5.81. The highest BCUT2D eigenvalue weighted by Crippen LogP contribution is 2.45. The monoisotopic (exact) mass is 469 g/mol. The van der Waals surface area contributed by atoms with E-state index in [9.17, 15) is 14.4 Å². The molecule has 0 aliphatic carbocycles. The zero-order valence-corrected chi connectivity index (χ0v) is 20.6. The van der Waals surface area contributed by atoms with Crippen molar-refractivity contribution >= 4 is 34.6 Å². The first kappa shape index (κ1) is 23.1. The number of furan rings is 1. The van der Waals surface area contributed by atoms with Crippen molar-refractivity contribution in [2.45, 2.75) is 53.1 Å². The summed E-state index contributed by atoms with van der Waals surface area (Å²) in [6.45, 7) is 11.7. The first-order valence-electron chi connectivity index (χ1n) is 10.8. The number of benzene rings is 1. The zero-order chi connectivity index (χ0) is 24.5. The molecule has 1 aliphatic heterocycles. The molecule has 8 heteroatoms. The fourth-order valence-electron chi connectivity index (χ4n) is 4.34. The summed E-state index contributed by atoms with van der Waals surface area (Å²) in [6.07, 6.45) is 0. The van der Waals surface area contributed by atoms with Gasteiger partial charge in [-0.25, -0.2) is 0 Å². The van der Waals surface area contributed by atoms with Crippen LogP contribution in [0.3, 0.4) is 0 Å². The van der Waals surface area contributed by atoms with Crippen LogP contribution in [0.2, 0.25) is 5.02 Å². The highest BCUT2D eigenvalue weighted by atomic mass is 35.5. The Labute approximate surface area is 197 Å². The number of hydrogen-bond acceptors (Lipinski definition) is 6. The third kappa shape index (κ3) is 3.55. The zero-order valence-electron chi connectivity index (χ0n) is 19.8. The fraction of sp³-hybridized carbons (Fsp3) is 0.400. The average molecular weight is 470 g/mol. The first-order chi connectivity index (χ1) is 15.2. The summed E-state index contributed by atoms with van der Waals surface area (Å²) >= 11 is 6.45. The van der Waals surface area contributed by atoms with Gasteiger partial charge in [-0.1, -0.05) is 32.4 Å². The van der Waals surface area contributed by atoms with Gasteiger partial charge >= 0.3 is 0 Å². The molecule has 0 bridgehead atoms. The number of fused-ring (bicyclic) bond motifs is 1. The fourth-order valence-corrected chi connectivity index (χ4v) is 4.73. The molecule has 0 radical (unpaired) electrons. The van der Waals surface area contributed by atoms with Crippen molar-refractivity contribution in [1.82, 2.24) is 4.90 Å². The smallest absolute Gasteiger partial charge is 0.256 e. The lowest BCUT2D eigenvalue weighted by atomic mass is 9.84. The standard InChI is InChI=1S/C25H28ClN3O4/c1-12-8-11-15(33-12)22(24(2,3)4)28-19-18(20(30)21(19)31)27-14-10-9-13(26)17-16(14)23(32)29(7)25(17,5)6/h8-11,22,27-28H,1-7H3/t22-/m0/s1. The van der Waals surface area contributed by atoms with Gasteiger partial charge in [0.25, 0.3) is 16.8 Å². The van der Waals surface area contributed by atoms with Crippen LogP contribution < -0.4 is 21.5 Å². The van der Waals surface area contributed by atoms with Crippen molar-refractivity contribution < 1.29 is 9.21 Å². The molecule has 174 valence electrons. The van der Waals surface area contributed by atoms with Crippen LogP contribution in [0, 0.1) is 12.3 Å². The SMILES string of the molecule is Cc1ccc([C@H](Nc2c(Nc3ccc(Cl)c4c3C(=O)N(C)C4(C)C)c(=O)c2=O)C(C)(C)C)o1. The Morgan fingerprint density at radius 1 is 1.03 bits per heavy atom. The van der Waals surface area contributed by atoms with E-state index in [1.54, 1.807) is 24.1 Å². The Kier molecular flexibility index (Phi) is 5.24. The van der Waals surface area contributed by atoms with Gasteiger partial charge in [-0.2, -0.15) is 0 Å². The third-order valence-electron chi connectivity index (χ3n) is 6.49. The number of hydrogen-bond donors (Lipinski definition) is 2. The van der Waals surface area contributed by atoms with Crippen molar-refractivity contribution in [2.75, 3.05) is 17.7 Å².